The molecule has 0 aliphatic carbocycles. The van der Waals surface area contributed by atoms with E-state index in [2.05, 4.69) is 15.6 Å². The summed E-state index contributed by atoms with van der Waals surface area (Å²) < 4.78 is 1.06. The summed E-state index contributed by atoms with van der Waals surface area (Å²) in [6.45, 7) is -0.0325. The number of rotatable bonds is 7. The summed E-state index contributed by atoms with van der Waals surface area (Å²) in [6.07, 6.45) is 0.0226. The van der Waals surface area contributed by atoms with Crippen molar-refractivity contribution < 1.29 is 14.7 Å². The van der Waals surface area contributed by atoms with Gasteiger partial charge in [0.25, 0.3) is 5.56 Å². The van der Waals surface area contributed by atoms with E-state index in [1.165, 1.54) is 0 Å². The van der Waals surface area contributed by atoms with E-state index < -0.39 is 23.5 Å². The second-order valence-corrected chi connectivity index (χ2v) is 6.00. The molecule has 3 aromatic rings. The van der Waals surface area contributed by atoms with Gasteiger partial charge in [-0.05, 0) is 17.7 Å². The van der Waals surface area contributed by atoms with Crippen molar-refractivity contribution in [1.82, 2.24) is 20.3 Å². The molecule has 8 nitrogen and oxygen atoms in total. The number of hydrogen-bond donors (Lipinski definition) is 2. The van der Waals surface area contributed by atoms with E-state index in [0.29, 0.717) is 10.9 Å². The second-order valence-electron chi connectivity index (χ2n) is 6.00. The highest BCUT2D eigenvalue weighted by Crippen LogP contribution is 2.14. The van der Waals surface area contributed by atoms with Gasteiger partial charge in [-0.3, -0.25) is 14.4 Å². The van der Waals surface area contributed by atoms with Crippen molar-refractivity contribution in [3.05, 3.63) is 70.5 Å². The minimum Gasteiger partial charge on any atom is -0.481 e. The molecule has 0 unspecified atom stereocenters. The molecule has 3 rings (SSSR count). The van der Waals surface area contributed by atoms with Crippen LogP contribution in [0.15, 0.2) is 59.4 Å². The normalized spacial score (nSPS) is 11.9. The molecule has 1 amide bonds. The molecule has 2 N–H and O–H groups in total. The van der Waals surface area contributed by atoms with Crippen molar-refractivity contribution in [3.63, 3.8) is 0 Å². The molecule has 2 aromatic carbocycles. The smallest absolute Gasteiger partial charge is 0.305 e. The third-order valence-corrected chi connectivity index (χ3v) is 4.10. The van der Waals surface area contributed by atoms with Crippen LogP contribution in [0.1, 0.15) is 18.0 Å². The molecule has 0 saturated carbocycles. The van der Waals surface area contributed by atoms with Crippen molar-refractivity contribution >= 4 is 22.8 Å². The number of benzene rings is 2. The molecule has 0 fully saturated rings. The molecule has 138 valence electrons. The van der Waals surface area contributed by atoms with E-state index in [4.69, 9.17) is 5.11 Å². The predicted octanol–water partition coefficient (Wildman–Crippen LogP) is 1.17. The van der Waals surface area contributed by atoms with Crippen LogP contribution in [0.5, 0.6) is 0 Å². The van der Waals surface area contributed by atoms with Gasteiger partial charge < -0.3 is 10.4 Å². The van der Waals surface area contributed by atoms with Gasteiger partial charge in [0.1, 0.15) is 11.6 Å². The summed E-state index contributed by atoms with van der Waals surface area (Å²) in [7, 11) is 0. The highest BCUT2D eigenvalue weighted by molar-refractivity contribution is 5.82. The molecule has 0 spiro atoms. The maximum atomic E-state index is 12.8. The Hall–Kier alpha value is -3.55. The van der Waals surface area contributed by atoms with Gasteiger partial charge in [0.05, 0.1) is 11.8 Å². The zero-order chi connectivity index (χ0) is 19.2. The Morgan fingerprint density at radius 1 is 1.07 bits per heavy atom. The van der Waals surface area contributed by atoms with E-state index >= 15 is 0 Å². The van der Waals surface area contributed by atoms with E-state index in [-0.39, 0.29) is 19.4 Å². The average Bonchev–Trinajstić information content (AvgIpc) is 2.67. The van der Waals surface area contributed by atoms with Crippen molar-refractivity contribution in [3.8, 4) is 0 Å². The zero-order valence-electron chi connectivity index (χ0n) is 14.4. The maximum Gasteiger partial charge on any atom is 0.305 e. The molecular weight excluding hydrogens is 348 g/mol. The minimum atomic E-state index is -1.02. The van der Waals surface area contributed by atoms with Gasteiger partial charge in [-0.1, -0.05) is 47.7 Å². The predicted molar refractivity (Wildman–Crippen MR) is 98.2 cm³/mol. The highest BCUT2D eigenvalue weighted by atomic mass is 16.4. The number of carboxylic acids is 1. The fourth-order valence-corrected chi connectivity index (χ4v) is 2.74. The number of carbonyl (C=O) groups is 2. The van der Waals surface area contributed by atoms with Gasteiger partial charge in [0.2, 0.25) is 5.91 Å². The Balaban J connectivity index is 1.96. The first-order chi connectivity index (χ1) is 13.1. The molecule has 1 atom stereocenters. The van der Waals surface area contributed by atoms with Crippen LogP contribution in [0.3, 0.4) is 0 Å². The van der Waals surface area contributed by atoms with Gasteiger partial charge in [-0.25, -0.2) is 0 Å². The first-order valence-corrected chi connectivity index (χ1v) is 8.44. The van der Waals surface area contributed by atoms with E-state index in [9.17, 15) is 14.4 Å². The first kappa shape index (κ1) is 18.2. The van der Waals surface area contributed by atoms with Crippen LogP contribution in [0, 0.1) is 0 Å². The number of carboxylic acid groups (broad SMARTS) is 1. The monoisotopic (exact) mass is 366 g/mol. The number of fused-ring (bicyclic) bond motifs is 1. The SMILES string of the molecule is O=C(O)CCNC(=O)[C@H](Cc1ccccc1)n1nnc2ccccc2c1=O. The summed E-state index contributed by atoms with van der Waals surface area (Å²) in [6, 6.07) is 15.0. The Labute approximate surface area is 154 Å². The number of aliphatic carboxylic acids is 1. The fourth-order valence-electron chi connectivity index (χ4n) is 2.74. The van der Waals surface area contributed by atoms with Crippen LogP contribution in [-0.2, 0) is 16.0 Å². The number of nitrogens with one attached hydrogen (secondary N) is 1. The van der Waals surface area contributed by atoms with Gasteiger partial charge in [-0.2, -0.15) is 4.68 Å². The summed E-state index contributed by atoms with van der Waals surface area (Å²) in [5.41, 5.74) is 0.871. The second kappa shape index (κ2) is 8.22. The molecule has 0 aliphatic heterocycles. The Bertz CT molecular complexity index is 1020. The Kier molecular flexibility index (Phi) is 5.55. The highest BCUT2D eigenvalue weighted by Gasteiger charge is 2.24. The molecule has 1 heterocycles. The molecule has 0 radical (unpaired) electrons. The largest absolute Gasteiger partial charge is 0.481 e. The van der Waals surface area contributed by atoms with Crippen LogP contribution < -0.4 is 10.9 Å². The Morgan fingerprint density at radius 3 is 2.52 bits per heavy atom. The first-order valence-electron chi connectivity index (χ1n) is 8.44. The summed E-state index contributed by atoms with van der Waals surface area (Å²) in [4.78, 5) is 36.2. The van der Waals surface area contributed by atoms with Crippen molar-refractivity contribution in [2.45, 2.75) is 18.9 Å². The molecular formula is C19H18N4O4. The number of hydrogen-bond acceptors (Lipinski definition) is 5. The van der Waals surface area contributed by atoms with Gasteiger partial charge >= 0.3 is 5.97 Å². The fraction of sp³-hybridized carbons (Fsp3) is 0.211. The molecule has 0 saturated heterocycles. The molecule has 8 heteroatoms. The number of nitrogens with zero attached hydrogens (tertiary/aromatic N) is 3. The van der Waals surface area contributed by atoms with Crippen LogP contribution in [-0.4, -0.2) is 38.5 Å². The van der Waals surface area contributed by atoms with Gasteiger partial charge in [0, 0.05) is 13.0 Å². The lowest BCUT2D eigenvalue weighted by Crippen LogP contribution is -2.40. The summed E-state index contributed by atoms with van der Waals surface area (Å²) in [5, 5.41) is 19.7. The zero-order valence-corrected chi connectivity index (χ0v) is 14.4. The van der Waals surface area contributed by atoms with Crippen LogP contribution >= 0.6 is 0 Å². The van der Waals surface area contributed by atoms with Crippen molar-refractivity contribution in [2.75, 3.05) is 6.54 Å². The maximum absolute atomic E-state index is 12.8. The van der Waals surface area contributed by atoms with Crippen molar-refractivity contribution in [1.29, 1.82) is 0 Å². The van der Waals surface area contributed by atoms with Crippen LogP contribution in [0.25, 0.3) is 10.9 Å². The quantitative estimate of drug-likeness (QED) is 0.649. The van der Waals surface area contributed by atoms with Crippen LogP contribution in [0.2, 0.25) is 0 Å². The molecule has 27 heavy (non-hydrogen) atoms. The van der Waals surface area contributed by atoms with E-state index in [0.717, 1.165) is 10.2 Å². The lowest BCUT2D eigenvalue weighted by molar-refractivity contribution is -0.137. The third kappa shape index (κ3) is 4.35. The molecule has 0 aliphatic rings. The lowest BCUT2D eigenvalue weighted by Gasteiger charge is -2.18. The third-order valence-electron chi connectivity index (χ3n) is 4.10. The van der Waals surface area contributed by atoms with Crippen LogP contribution in [0.4, 0.5) is 0 Å². The number of carbonyl (C=O) groups excluding carboxylic acids is 1. The summed E-state index contributed by atoms with van der Waals surface area (Å²) >= 11 is 0. The topological polar surface area (TPSA) is 114 Å². The lowest BCUT2D eigenvalue weighted by atomic mass is 10.1. The van der Waals surface area contributed by atoms with Gasteiger partial charge in [-0.15, -0.1) is 5.10 Å². The summed E-state index contributed by atoms with van der Waals surface area (Å²) in [5.74, 6) is -1.50. The van der Waals surface area contributed by atoms with E-state index in [1.807, 2.05) is 30.3 Å². The minimum absolute atomic E-state index is 0.0325. The molecule has 1 aromatic heterocycles. The van der Waals surface area contributed by atoms with E-state index in [1.54, 1.807) is 24.3 Å². The van der Waals surface area contributed by atoms with Crippen molar-refractivity contribution in [2.24, 2.45) is 0 Å². The van der Waals surface area contributed by atoms with Gasteiger partial charge in [0.15, 0.2) is 0 Å². The molecule has 0 bridgehead atoms. The number of amides is 1. The average molecular weight is 366 g/mol. The standard InChI is InChI=1S/C19H18N4O4/c24-17(25)10-11-20-18(26)16(12-13-6-2-1-3-7-13)23-19(27)14-8-4-5-9-15(14)21-22-23/h1-9,16H,10-12H2,(H,20,26)(H,24,25)/t16-/m0/s1. The Morgan fingerprint density at radius 2 is 1.78 bits per heavy atom. The number of aromatic nitrogens is 3.